The zero-order valence-electron chi connectivity index (χ0n) is 8.50. The van der Waals surface area contributed by atoms with Gasteiger partial charge in [-0.15, -0.1) is 0 Å². The Morgan fingerprint density at radius 2 is 1.93 bits per heavy atom. The van der Waals surface area contributed by atoms with Gasteiger partial charge in [-0.2, -0.15) is 8.42 Å². The van der Waals surface area contributed by atoms with Crippen LogP contribution in [0.3, 0.4) is 0 Å². The SMILES string of the molecule is O=S(=O)(O)CCN(SS)C1CCCCC1. The van der Waals surface area contributed by atoms with Gasteiger partial charge in [-0.25, -0.2) is 4.31 Å². The second-order valence-electron chi connectivity index (χ2n) is 3.80. The number of rotatable bonds is 5. The first-order valence-corrected chi connectivity index (χ1v) is 8.50. The van der Waals surface area contributed by atoms with Crippen LogP contribution in [0.2, 0.25) is 0 Å². The topological polar surface area (TPSA) is 57.6 Å². The van der Waals surface area contributed by atoms with Crippen molar-refractivity contribution in [1.29, 1.82) is 0 Å². The van der Waals surface area contributed by atoms with Gasteiger partial charge in [-0.05, 0) is 23.8 Å². The zero-order chi connectivity index (χ0) is 11.3. The Kier molecular flexibility index (Phi) is 5.76. The fraction of sp³-hybridized carbons (Fsp3) is 1.00. The van der Waals surface area contributed by atoms with Crippen LogP contribution in [-0.4, -0.2) is 35.6 Å². The third-order valence-corrected chi connectivity index (χ3v) is 4.67. The van der Waals surface area contributed by atoms with E-state index in [0.29, 0.717) is 12.6 Å². The van der Waals surface area contributed by atoms with Crippen LogP contribution >= 0.6 is 22.6 Å². The average molecular weight is 271 g/mol. The molecular formula is C8H17NO3S3. The number of nitrogens with zero attached hydrogens (tertiary/aromatic N) is 1. The molecule has 0 aliphatic heterocycles. The van der Waals surface area contributed by atoms with Gasteiger partial charge in [-0.1, -0.05) is 30.9 Å². The van der Waals surface area contributed by atoms with Crippen LogP contribution < -0.4 is 0 Å². The van der Waals surface area contributed by atoms with Crippen LogP contribution in [0.25, 0.3) is 0 Å². The summed E-state index contributed by atoms with van der Waals surface area (Å²) in [5.74, 6) is -0.211. The molecular weight excluding hydrogens is 254 g/mol. The first kappa shape index (κ1) is 13.6. The summed E-state index contributed by atoms with van der Waals surface area (Å²) in [5, 5.41) is 0. The summed E-state index contributed by atoms with van der Waals surface area (Å²) in [7, 11) is -2.59. The van der Waals surface area contributed by atoms with E-state index >= 15 is 0 Å². The van der Waals surface area contributed by atoms with E-state index in [2.05, 4.69) is 11.7 Å². The van der Waals surface area contributed by atoms with Crippen molar-refractivity contribution in [2.75, 3.05) is 12.3 Å². The predicted molar refractivity (Wildman–Crippen MR) is 66.6 cm³/mol. The second-order valence-corrected chi connectivity index (χ2v) is 6.49. The Balaban J connectivity index is 2.40. The van der Waals surface area contributed by atoms with E-state index in [1.165, 1.54) is 30.2 Å². The molecule has 0 atom stereocenters. The lowest BCUT2D eigenvalue weighted by Gasteiger charge is -2.31. The van der Waals surface area contributed by atoms with Gasteiger partial charge < -0.3 is 0 Å². The number of hydrogen-bond donors (Lipinski definition) is 2. The largest absolute Gasteiger partial charge is 0.286 e. The fourth-order valence-corrected chi connectivity index (χ4v) is 3.57. The standard InChI is InChI=1S/C8H17NO3S3/c10-15(11,12)7-6-9(14-13)8-4-2-1-3-5-8/h8,13H,1-7H2,(H,10,11,12). The van der Waals surface area contributed by atoms with Crippen LogP contribution in [0.1, 0.15) is 32.1 Å². The lowest BCUT2D eigenvalue weighted by Crippen LogP contribution is -2.34. The maximum absolute atomic E-state index is 10.6. The molecule has 0 aromatic heterocycles. The molecule has 4 nitrogen and oxygen atoms in total. The highest BCUT2D eigenvalue weighted by Crippen LogP contribution is 2.28. The van der Waals surface area contributed by atoms with E-state index in [1.54, 1.807) is 0 Å². The molecule has 0 aromatic carbocycles. The number of hydrogen-bond acceptors (Lipinski definition) is 5. The Morgan fingerprint density at radius 3 is 2.40 bits per heavy atom. The Labute approximate surface area is 100 Å². The minimum absolute atomic E-state index is 0.211. The second kappa shape index (κ2) is 6.34. The number of thiol groups is 1. The normalized spacial score (nSPS) is 19.7. The van der Waals surface area contributed by atoms with Crippen molar-refractivity contribution < 1.29 is 13.0 Å². The van der Waals surface area contributed by atoms with Gasteiger partial charge in [0, 0.05) is 12.6 Å². The van der Waals surface area contributed by atoms with Gasteiger partial charge in [0.15, 0.2) is 0 Å². The molecule has 1 saturated carbocycles. The van der Waals surface area contributed by atoms with E-state index in [0.717, 1.165) is 12.8 Å². The van der Waals surface area contributed by atoms with Crippen LogP contribution in [0.4, 0.5) is 0 Å². The van der Waals surface area contributed by atoms with Gasteiger partial charge in [0.1, 0.15) is 0 Å². The van der Waals surface area contributed by atoms with Gasteiger partial charge in [0.25, 0.3) is 10.1 Å². The third-order valence-electron chi connectivity index (χ3n) is 2.66. The Hall–Kier alpha value is 0.570. The molecule has 1 aliphatic rings. The molecule has 0 unspecified atom stereocenters. The first-order chi connectivity index (χ1) is 7.03. The average Bonchev–Trinajstić information content (AvgIpc) is 2.19. The molecule has 0 amide bonds. The minimum atomic E-state index is -3.86. The van der Waals surface area contributed by atoms with E-state index < -0.39 is 10.1 Å². The summed E-state index contributed by atoms with van der Waals surface area (Å²) in [6.45, 7) is 0.345. The van der Waals surface area contributed by atoms with Gasteiger partial charge in [0.05, 0.1) is 5.75 Å². The molecule has 0 saturated heterocycles. The van der Waals surface area contributed by atoms with E-state index in [1.807, 2.05) is 4.31 Å². The van der Waals surface area contributed by atoms with Crippen molar-refractivity contribution in [3.05, 3.63) is 0 Å². The van der Waals surface area contributed by atoms with Crippen LogP contribution in [-0.2, 0) is 10.1 Å². The molecule has 0 radical (unpaired) electrons. The molecule has 0 heterocycles. The smallest absolute Gasteiger partial charge is 0.266 e. The van der Waals surface area contributed by atoms with E-state index in [-0.39, 0.29) is 5.75 Å². The molecule has 15 heavy (non-hydrogen) atoms. The van der Waals surface area contributed by atoms with Gasteiger partial charge >= 0.3 is 0 Å². The molecule has 1 aliphatic carbocycles. The molecule has 90 valence electrons. The molecule has 1 fully saturated rings. The van der Waals surface area contributed by atoms with E-state index in [4.69, 9.17) is 4.55 Å². The Morgan fingerprint density at radius 1 is 1.33 bits per heavy atom. The van der Waals surface area contributed by atoms with Crippen molar-refractivity contribution in [3.8, 4) is 0 Å². The van der Waals surface area contributed by atoms with E-state index in [9.17, 15) is 8.42 Å². The van der Waals surface area contributed by atoms with Crippen molar-refractivity contribution in [2.24, 2.45) is 0 Å². The molecule has 1 rings (SSSR count). The minimum Gasteiger partial charge on any atom is -0.286 e. The highest BCUT2D eigenvalue weighted by molar-refractivity contribution is 8.67. The highest BCUT2D eigenvalue weighted by Gasteiger charge is 2.22. The lowest BCUT2D eigenvalue weighted by atomic mass is 9.95. The molecule has 1 N–H and O–H groups in total. The molecule has 0 bridgehead atoms. The summed E-state index contributed by atoms with van der Waals surface area (Å²) in [6, 6.07) is 0.406. The molecule has 7 heteroatoms. The summed E-state index contributed by atoms with van der Waals surface area (Å²) in [6.07, 6.45) is 5.85. The lowest BCUT2D eigenvalue weighted by molar-refractivity contribution is 0.282. The monoisotopic (exact) mass is 271 g/mol. The van der Waals surface area contributed by atoms with Crippen molar-refractivity contribution in [1.82, 2.24) is 4.31 Å². The van der Waals surface area contributed by atoms with Crippen LogP contribution in [0, 0.1) is 0 Å². The van der Waals surface area contributed by atoms with Gasteiger partial charge in [-0.3, -0.25) is 4.55 Å². The Bertz CT molecular complexity index is 275. The van der Waals surface area contributed by atoms with Crippen molar-refractivity contribution >= 4 is 32.8 Å². The maximum Gasteiger partial charge on any atom is 0.266 e. The third kappa shape index (κ3) is 5.44. The quantitative estimate of drug-likeness (QED) is 0.347. The zero-order valence-corrected chi connectivity index (χ0v) is 11.0. The summed E-state index contributed by atoms with van der Waals surface area (Å²) >= 11 is 4.12. The van der Waals surface area contributed by atoms with Crippen molar-refractivity contribution in [3.63, 3.8) is 0 Å². The summed E-state index contributed by atoms with van der Waals surface area (Å²) in [5.41, 5.74) is 0. The maximum atomic E-state index is 10.6. The first-order valence-electron chi connectivity index (χ1n) is 5.06. The fourth-order valence-electron chi connectivity index (χ4n) is 1.86. The summed E-state index contributed by atoms with van der Waals surface area (Å²) < 4.78 is 31.9. The highest BCUT2D eigenvalue weighted by atomic mass is 33.1. The van der Waals surface area contributed by atoms with Crippen molar-refractivity contribution in [2.45, 2.75) is 38.1 Å². The van der Waals surface area contributed by atoms with Crippen LogP contribution in [0.15, 0.2) is 0 Å². The molecule has 0 aromatic rings. The summed E-state index contributed by atoms with van der Waals surface area (Å²) in [4.78, 5) is 0. The molecule has 0 spiro atoms. The van der Waals surface area contributed by atoms with Gasteiger partial charge in [0.2, 0.25) is 0 Å². The predicted octanol–water partition coefficient (Wildman–Crippen LogP) is 2.00. The van der Waals surface area contributed by atoms with Crippen LogP contribution in [0.5, 0.6) is 0 Å².